The molecule has 0 bridgehead atoms. The Morgan fingerprint density at radius 3 is 2.86 bits per heavy atom. The molecule has 1 rings (SSSR count). The van der Waals surface area contributed by atoms with Crippen molar-refractivity contribution in [2.45, 2.75) is 6.61 Å². The van der Waals surface area contributed by atoms with E-state index in [1.807, 2.05) is 4.98 Å². The molecule has 0 saturated heterocycles. The van der Waals surface area contributed by atoms with E-state index in [2.05, 4.69) is 16.3 Å². The van der Waals surface area contributed by atoms with Crippen LogP contribution < -0.4 is 11.2 Å². The molecular weight excluding hydrogens is 188 g/mol. The molecule has 0 radical (unpaired) electrons. The van der Waals surface area contributed by atoms with Crippen LogP contribution in [0.3, 0.4) is 0 Å². The first-order chi connectivity index (χ1) is 6.63. The van der Waals surface area contributed by atoms with E-state index < -0.39 is 17.2 Å². The predicted molar refractivity (Wildman–Crippen MR) is 47.7 cm³/mol. The van der Waals surface area contributed by atoms with Crippen LogP contribution in [0.2, 0.25) is 0 Å². The molecule has 0 aliphatic rings. The molecule has 1 heterocycles. The van der Waals surface area contributed by atoms with Crippen molar-refractivity contribution in [3.8, 4) is 0 Å². The summed E-state index contributed by atoms with van der Waals surface area (Å²) in [6.07, 6.45) is 2.18. The monoisotopic (exact) mass is 196 g/mol. The SMILES string of the molecule is C=CC(=O)OCc1c[nH]c(=O)[nH]c1=O. The predicted octanol–water partition coefficient (Wildman–Crippen LogP) is -0.708. The van der Waals surface area contributed by atoms with Gasteiger partial charge in [0.2, 0.25) is 0 Å². The van der Waals surface area contributed by atoms with Gasteiger partial charge in [-0.25, -0.2) is 9.59 Å². The van der Waals surface area contributed by atoms with Gasteiger partial charge in [-0.15, -0.1) is 0 Å². The molecule has 0 aliphatic carbocycles. The summed E-state index contributed by atoms with van der Waals surface area (Å²) in [5.41, 5.74) is -1.01. The van der Waals surface area contributed by atoms with Crippen LogP contribution in [0, 0.1) is 0 Å². The van der Waals surface area contributed by atoms with Crippen molar-refractivity contribution in [1.29, 1.82) is 0 Å². The molecule has 0 aliphatic heterocycles. The summed E-state index contributed by atoms with van der Waals surface area (Å²) >= 11 is 0. The second-order valence-corrected chi connectivity index (χ2v) is 2.41. The molecule has 1 aromatic rings. The summed E-state index contributed by atoms with van der Waals surface area (Å²) in [4.78, 5) is 36.5. The average molecular weight is 196 g/mol. The summed E-state index contributed by atoms with van der Waals surface area (Å²) in [6.45, 7) is 2.99. The second-order valence-electron chi connectivity index (χ2n) is 2.41. The molecule has 0 spiro atoms. The van der Waals surface area contributed by atoms with Crippen LogP contribution in [0.15, 0.2) is 28.4 Å². The molecule has 0 unspecified atom stereocenters. The van der Waals surface area contributed by atoms with E-state index in [4.69, 9.17) is 0 Å². The highest BCUT2D eigenvalue weighted by molar-refractivity contribution is 5.81. The van der Waals surface area contributed by atoms with Crippen LogP contribution >= 0.6 is 0 Å². The highest BCUT2D eigenvalue weighted by atomic mass is 16.5. The Bertz CT molecular complexity index is 457. The summed E-state index contributed by atoms with van der Waals surface area (Å²) in [7, 11) is 0. The molecule has 0 aromatic carbocycles. The normalized spacial score (nSPS) is 9.43. The van der Waals surface area contributed by atoms with Crippen molar-refractivity contribution in [2.75, 3.05) is 0 Å². The number of aromatic amines is 2. The highest BCUT2D eigenvalue weighted by Crippen LogP contribution is 1.90. The lowest BCUT2D eigenvalue weighted by Gasteiger charge is -1.99. The number of nitrogens with one attached hydrogen (secondary N) is 2. The lowest BCUT2D eigenvalue weighted by Crippen LogP contribution is -2.25. The number of ether oxygens (including phenoxy) is 1. The number of carbonyl (C=O) groups excluding carboxylic acids is 1. The molecule has 0 atom stereocenters. The number of H-pyrrole nitrogens is 2. The van der Waals surface area contributed by atoms with Gasteiger partial charge in [-0.2, -0.15) is 0 Å². The molecule has 1 aromatic heterocycles. The zero-order chi connectivity index (χ0) is 10.6. The largest absolute Gasteiger partial charge is 0.457 e. The zero-order valence-corrected chi connectivity index (χ0v) is 7.20. The van der Waals surface area contributed by atoms with Gasteiger partial charge in [0.15, 0.2) is 0 Å². The third-order valence-corrected chi connectivity index (χ3v) is 1.43. The van der Waals surface area contributed by atoms with Crippen LogP contribution in [0.1, 0.15) is 5.56 Å². The van der Waals surface area contributed by atoms with Crippen molar-refractivity contribution in [2.24, 2.45) is 0 Å². The van der Waals surface area contributed by atoms with E-state index in [-0.39, 0.29) is 12.2 Å². The van der Waals surface area contributed by atoms with Gasteiger partial charge in [0.1, 0.15) is 6.61 Å². The number of aromatic nitrogens is 2. The number of hydrogen-bond acceptors (Lipinski definition) is 4. The zero-order valence-electron chi connectivity index (χ0n) is 7.20. The van der Waals surface area contributed by atoms with E-state index in [0.29, 0.717) is 0 Å². The lowest BCUT2D eigenvalue weighted by molar-refractivity contribution is -0.139. The van der Waals surface area contributed by atoms with Crippen molar-refractivity contribution < 1.29 is 9.53 Å². The fourth-order valence-electron chi connectivity index (χ4n) is 0.753. The molecule has 0 saturated carbocycles. The lowest BCUT2D eigenvalue weighted by atomic mass is 10.3. The quantitative estimate of drug-likeness (QED) is 0.493. The first-order valence-corrected chi connectivity index (χ1v) is 3.73. The minimum atomic E-state index is -0.629. The van der Waals surface area contributed by atoms with Crippen molar-refractivity contribution in [1.82, 2.24) is 9.97 Å². The highest BCUT2D eigenvalue weighted by Gasteiger charge is 2.02. The Morgan fingerprint density at radius 1 is 1.57 bits per heavy atom. The van der Waals surface area contributed by atoms with E-state index in [9.17, 15) is 14.4 Å². The minimum Gasteiger partial charge on any atom is -0.457 e. The van der Waals surface area contributed by atoms with Crippen molar-refractivity contribution in [3.63, 3.8) is 0 Å². The standard InChI is InChI=1S/C8H8N2O4/c1-2-6(11)14-4-5-3-9-8(13)10-7(5)12/h2-3H,1,4H2,(H2,9,10,12,13). The Hall–Kier alpha value is -2.11. The van der Waals surface area contributed by atoms with E-state index in [0.717, 1.165) is 6.08 Å². The van der Waals surface area contributed by atoms with Gasteiger partial charge in [0, 0.05) is 12.3 Å². The maximum atomic E-state index is 11.0. The van der Waals surface area contributed by atoms with Gasteiger partial charge < -0.3 is 9.72 Å². The van der Waals surface area contributed by atoms with E-state index in [1.165, 1.54) is 6.20 Å². The maximum absolute atomic E-state index is 11.0. The number of carbonyl (C=O) groups is 1. The van der Waals surface area contributed by atoms with Gasteiger partial charge in [-0.05, 0) is 0 Å². The number of esters is 1. The van der Waals surface area contributed by atoms with Gasteiger partial charge in [0.25, 0.3) is 5.56 Å². The Morgan fingerprint density at radius 2 is 2.29 bits per heavy atom. The summed E-state index contributed by atoms with van der Waals surface area (Å²) in [5.74, 6) is -0.629. The molecule has 0 amide bonds. The van der Waals surface area contributed by atoms with Gasteiger partial charge in [0.05, 0.1) is 5.56 Å². The summed E-state index contributed by atoms with van der Waals surface area (Å²) < 4.78 is 4.60. The number of rotatable bonds is 3. The molecular formula is C8H8N2O4. The Balaban J connectivity index is 2.78. The summed E-state index contributed by atoms with van der Waals surface area (Å²) in [6, 6.07) is 0. The first kappa shape index (κ1) is 9.97. The maximum Gasteiger partial charge on any atom is 0.330 e. The minimum absolute atomic E-state index is 0.166. The topological polar surface area (TPSA) is 92.0 Å². The van der Waals surface area contributed by atoms with Crippen LogP contribution in [-0.4, -0.2) is 15.9 Å². The molecule has 14 heavy (non-hydrogen) atoms. The number of hydrogen-bond donors (Lipinski definition) is 2. The van der Waals surface area contributed by atoms with E-state index in [1.54, 1.807) is 0 Å². The third-order valence-electron chi connectivity index (χ3n) is 1.43. The molecule has 2 N–H and O–H groups in total. The van der Waals surface area contributed by atoms with Gasteiger partial charge in [-0.3, -0.25) is 9.78 Å². The van der Waals surface area contributed by atoms with Crippen molar-refractivity contribution in [3.05, 3.63) is 45.3 Å². The Kier molecular flexibility index (Phi) is 3.01. The summed E-state index contributed by atoms with van der Waals surface area (Å²) in [5, 5.41) is 0. The molecule has 6 heteroatoms. The van der Waals surface area contributed by atoms with Crippen LogP contribution in [-0.2, 0) is 16.1 Å². The second kappa shape index (κ2) is 4.22. The Labute approximate surface area is 78.2 Å². The van der Waals surface area contributed by atoms with Crippen LogP contribution in [0.5, 0.6) is 0 Å². The fourth-order valence-corrected chi connectivity index (χ4v) is 0.753. The molecule has 0 fully saturated rings. The molecule has 6 nitrogen and oxygen atoms in total. The van der Waals surface area contributed by atoms with Gasteiger partial charge in [-0.1, -0.05) is 6.58 Å². The smallest absolute Gasteiger partial charge is 0.330 e. The first-order valence-electron chi connectivity index (χ1n) is 3.73. The third kappa shape index (κ3) is 2.44. The van der Waals surface area contributed by atoms with E-state index >= 15 is 0 Å². The van der Waals surface area contributed by atoms with Crippen molar-refractivity contribution >= 4 is 5.97 Å². The van der Waals surface area contributed by atoms with Crippen LogP contribution in [0.25, 0.3) is 0 Å². The van der Waals surface area contributed by atoms with Gasteiger partial charge >= 0.3 is 11.7 Å². The molecule has 74 valence electrons. The average Bonchev–Trinajstić information content (AvgIpc) is 2.16. The fraction of sp³-hybridized carbons (Fsp3) is 0.125. The van der Waals surface area contributed by atoms with Crippen LogP contribution in [0.4, 0.5) is 0 Å².